The molecule has 2 rings (SSSR count). The molecule has 0 saturated carbocycles. The van der Waals surface area contributed by atoms with E-state index < -0.39 is 18.0 Å². The summed E-state index contributed by atoms with van der Waals surface area (Å²) >= 11 is 0. The third-order valence-electron chi connectivity index (χ3n) is 4.40. The van der Waals surface area contributed by atoms with Crippen molar-refractivity contribution in [2.24, 2.45) is 0 Å². The summed E-state index contributed by atoms with van der Waals surface area (Å²) in [6.45, 7) is 5.40. The molecule has 1 N–H and O–H groups in total. The van der Waals surface area contributed by atoms with E-state index >= 15 is 0 Å². The first kappa shape index (κ1) is 22.8. The van der Waals surface area contributed by atoms with Gasteiger partial charge in [-0.1, -0.05) is 17.7 Å². The summed E-state index contributed by atoms with van der Waals surface area (Å²) in [6, 6.07) is 9.08. The number of benzene rings is 2. The van der Waals surface area contributed by atoms with Gasteiger partial charge in [-0.25, -0.2) is 4.79 Å². The summed E-state index contributed by atoms with van der Waals surface area (Å²) in [7, 11) is 4.53. The van der Waals surface area contributed by atoms with Crippen molar-refractivity contribution in [3.8, 4) is 17.2 Å². The Morgan fingerprint density at radius 1 is 0.967 bits per heavy atom. The SMILES string of the molecule is COc1cc(/C=C/C(=O)O[C@@H](C)C(=O)Nc2ccc(C)cc2C)cc(OC)c1OC. The maximum atomic E-state index is 12.3. The van der Waals surface area contributed by atoms with Crippen LogP contribution in [0.1, 0.15) is 23.6 Å². The van der Waals surface area contributed by atoms with Gasteiger partial charge in [0.1, 0.15) is 0 Å². The number of amides is 1. The van der Waals surface area contributed by atoms with Crippen LogP contribution in [0.2, 0.25) is 0 Å². The average Bonchev–Trinajstić information content (AvgIpc) is 2.73. The van der Waals surface area contributed by atoms with Gasteiger partial charge in [0.2, 0.25) is 5.75 Å². The molecule has 30 heavy (non-hydrogen) atoms. The van der Waals surface area contributed by atoms with Gasteiger partial charge in [0, 0.05) is 11.8 Å². The van der Waals surface area contributed by atoms with E-state index in [0.29, 0.717) is 28.5 Å². The molecule has 2 aromatic carbocycles. The lowest BCUT2D eigenvalue weighted by atomic mass is 10.1. The summed E-state index contributed by atoms with van der Waals surface area (Å²) in [4.78, 5) is 24.5. The highest BCUT2D eigenvalue weighted by atomic mass is 16.5. The largest absolute Gasteiger partial charge is 0.493 e. The Balaban J connectivity index is 2.03. The number of methoxy groups -OCH3 is 3. The Hall–Kier alpha value is -3.48. The van der Waals surface area contributed by atoms with Crippen LogP contribution in [0.3, 0.4) is 0 Å². The smallest absolute Gasteiger partial charge is 0.331 e. The van der Waals surface area contributed by atoms with Crippen LogP contribution in [0.25, 0.3) is 6.08 Å². The van der Waals surface area contributed by atoms with Gasteiger partial charge in [0.25, 0.3) is 5.91 Å². The molecule has 1 amide bonds. The quantitative estimate of drug-likeness (QED) is 0.522. The Labute approximate surface area is 176 Å². The number of hydrogen-bond acceptors (Lipinski definition) is 6. The molecule has 0 radical (unpaired) electrons. The van der Waals surface area contributed by atoms with Crippen LogP contribution in [0.15, 0.2) is 36.4 Å². The number of carbonyl (C=O) groups excluding carboxylic acids is 2. The number of carbonyl (C=O) groups is 2. The van der Waals surface area contributed by atoms with Gasteiger partial charge in [-0.3, -0.25) is 4.79 Å². The number of ether oxygens (including phenoxy) is 4. The summed E-state index contributed by atoms with van der Waals surface area (Å²) in [5, 5.41) is 2.77. The Bertz CT molecular complexity index is 926. The zero-order valence-corrected chi connectivity index (χ0v) is 18.1. The van der Waals surface area contributed by atoms with Crippen molar-refractivity contribution in [1.82, 2.24) is 0 Å². The Morgan fingerprint density at radius 2 is 1.60 bits per heavy atom. The third kappa shape index (κ3) is 5.76. The molecule has 0 aliphatic rings. The minimum absolute atomic E-state index is 0.406. The fraction of sp³-hybridized carbons (Fsp3) is 0.304. The minimum atomic E-state index is -0.956. The van der Waals surface area contributed by atoms with Crippen molar-refractivity contribution in [2.75, 3.05) is 26.6 Å². The fourth-order valence-electron chi connectivity index (χ4n) is 2.82. The standard InChI is InChI=1S/C23H27NO6/c1-14-7-9-18(15(2)11-14)24-23(26)16(3)30-21(25)10-8-17-12-19(27-4)22(29-6)20(13-17)28-5/h7-13,16H,1-6H3,(H,24,26)/b10-8+/t16-/m0/s1. The maximum Gasteiger partial charge on any atom is 0.331 e. The molecule has 0 saturated heterocycles. The molecule has 0 fully saturated rings. The van der Waals surface area contributed by atoms with Crippen LogP contribution in [-0.2, 0) is 14.3 Å². The second kappa shape index (κ2) is 10.3. The van der Waals surface area contributed by atoms with E-state index in [2.05, 4.69) is 5.32 Å². The molecule has 1 atom stereocenters. The monoisotopic (exact) mass is 413 g/mol. The zero-order chi connectivity index (χ0) is 22.3. The van der Waals surface area contributed by atoms with Gasteiger partial charge in [-0.15, -0.1) is 0 Å². The molecule has 160 valence electrons. The molecular formula is C23H27NO6. The third-order valence-corrected chi connectivity index (χ3v) is 4.40. The highest BCUT2D eigenvalue weighted by Gasteiger charge is 2.18. The first-order valence-electron chi connectivity index (χ1n) is 9.35. The van der Waals surface area contributed by atoms with Crippen LogP contribution >= 0.6 is 0 Å². The van der Waals surface area contributed by atoms with Crippen molar-refractivity contribution in [2.45, 2.75) is 26.9 Å². The van der Waals surface area contributed by atoms with Crippen molar-refractivity contribution >= 4 is 23.6 Å². The van der Waals surface area contributed by atoms with Crippen molar-refractivity contribution in [3.05, 3.63) is 53.1 Å². The van der Waals surface area contributed by atoms with E-state index in [0.717, 1.165) is 11.1 Å². The number of esters is 1. The van der Waals surface area contributed by atoms with Gasteiger partial charge < -0.3 is 24.3 Å². The zero-order valence-electron chi connectivity index (χ0n) is 18.1. The van der Waals surface area contributed by atoms with Gasteiger partial charge in [-0.05, 0) is 56.2 Å². The maximum absolute atomic E-state index is 12.3. The molecule has 0 aliphatic carbocycles. The van der Waals surface area contributed by atoms with E-state index in [1.165, 1.54) is 34.3 Å². The van der Waals surface area contributed by atoms with Crippen molar-refractivity contribution in [3.63, 3.8) is 0 Å². The summed E-state index contributed by atoms with van der Waals surface area (Å²) in [5.41, 5.74) is 3.36. The summed E-state index contributed by atoms with van der Waals surface area (Å²) < 4.78 is 21.0. The predicted molar refractivity (Wildman–Crippen MR) is 115 cm³/mol. The minimum Gasteiger partial charge on any atom is -0.493 e. The normalized spacial score (nSPS) is 11.7. The number of rotatable bonds is 8. The molecule has 0 aliphatic heterocycles. The van der Waals surface area contributed by atoms with E-state index in [1.807, 2.05) is 32.0 Å². The van der Waals surface area contributed by atoms with Crippen LogP contribution in [0.4, 0.5) is 5.69 Å². The van der Waals surface area contributed by atoms with E-state index in [-0.39, 0.29) is 0 Å². The molecular weight excluding hydrogens is 386 g/mol. The topological polar surface area (TPSA) is 83.1 Å². The molecule has 0 bridgehead atoms. The molecule has 0 spiro atoms. The Kier molecular flexibility index (Phi) is 7.86. The van der Waals surface area contributed by atoms with Gasteiger partial charge in [0.15, 0.2) is 17.6 Å². The van der Waals surface area contributed by atoms with Crippen LogP contribution in [0, 0.1) is 13.8 Å². The second-order valence-corrected chi connectivity index (χ2v) is 6.68. The van der Waals surface area contributed by atoms with E-state index in [9.17, 15) is 9.59 Å². The predicted octanol–water partition coefficient (Wildman–Crippen LogP) is 3.91. The number of aryl methyl sites for hydroxylation is 2. The lowest BCUT2D eigenvalue weighted by molar-refractivity contribution is -0.148. The van der Waals surface area contributed by atoms with Gasteiger partial charge in [-0.2, -0.15) is 0 Å². The molecule has 7 heteroatoms. The molecule has 0 heterocycles. The Morgan fingerprint density at radius 3 is 2.13 bits per heavy atom. The molecule has 0 aromatic heterocycles. The lowest BCUT2D eigenvalue weighted by Crippen LogP contribution is -2.29. The highest BCUT2D eigenvalue weighted by Crippen LogP contribution is 2.38. The second-order valence-electron chi connectivity index (χ2n) is 6.68. The van der Waals surface area contributed by atoms with Crippen LogP contribution < -0.4 is 19.5 Å². The molecule has 7 nitrogen and oxygen atoms in total. The fourth-order valence-corrected chi connectivity index (χ4v) is 2.82. The van der Waals surface area contributed by atoms with Crippen molar-refractivity contribution < 1.29 is 28.5 Å². The average molecular weight is 413 g/mol. The molecule has 2 aromatic rings. The van der Waals surface area contributed by atoms with Gasteiger partial charge in [0.05, 0.1) is 21.3 Å². The summed E-state index contributed by atoms with van der Waals surface area (Å²) in [6.07, 6.45) is 1.83. The molecule has 0 unspecified atom stereocenters. The lowest BCUT2D eigenvalue weighted by Gasteiger charge is -2.14. The number of hydrogen-bond donors (Lipinski definition) is 1. The highest BCUT2D eigenvalue weighted by molar-refractivity contribution is 5.97. The van der Waals surface area contributed by atoms with E-state index in [4.69, 9.17) is 18.9 Å². The first-order valence-corrected chi connectivity index (χ1v) is 9.35. The van der Waals surface area contributed by atoms with Crippen molar-refractivity contribution in [1.29, 1.82) is 0 Å². The van der Waals surface area contributed by atoms with Crippen LogP contribution in [0.5, 0.6) is 17.2 Å². The number of nitrogens with one attached hydrogen (secondary N) is 1. The number of anilines is 1. The van der Waals surface area contributed by atoms with Crippen LogP contribution in [-0.4, -0.2) is 39.3 Å². The van der Waals surface area contributed by atoms with E-state index in [1.54, 1.807) is 18.2 Å². The first-order chi connectivity index (χ1) is 14.3. The summed E-state index contributed by atoms with van der Waals surface area (Å²) in [5.74, 6) is 0.331. The van der Waals surface area contributed by atoms with Gasteiger partial charge >= 0.3 is 5.97 Å².